The second kappa shape index (κ2) is 8.44. The number of pyridine rings is 1. The van der Waals surface area contributed by atoms with Gasteiger partial charge in [-0.2, -0.15) is 13.2 Å². The molecule has 29 heavy (non-hydrogen) atoms. The minimum Gasteiger partial charge on any atom is -0.310 e. The molecule has 3 aromatic rings. The molecule has 2 aromatic carbocycles. The topological polar surface area (TPSA) is 30.0 Å². The Morgan fingerprint density at radius 2 is 1.55 bits per heavy atom. The van der Waals surface area contributed by atoms with Crippen LogP contribution in [0.25, 0.3) is 11.1 Å². The summed E-state index contributed by atoms with van der Waals surface area (Å²) in [5.41, 5.74) is 1.000. The third kappa shape index (κ3) is 4.72. The molecule has 1 heterocycles. The lowest BCUT2D eigenvalue weighted by molar-refractivity contribution is -0.137. The summed E-state index contributed by atoms with van der Waals surface area (Å²) >= 11 is 1.28. The first-order valence-corrected chi connectivity index (χ1v) is 11.2. The number of hydrogen-bond donors (Lipinski definition) is 0. The zero-order valence-electron chi connectivity index (χ0n) is 15.3. The van der Waals surface area contributed by atoms with E-state index in [1.165, 1.54) is 35.5 Å². The first-order chi connectivity index (χ1) is 13.8. The fraction of sp³-hybridized carbons (Fsp3) is 0.0455. The number of halogens is 3. The molecular formula is C22H17F3NOPS. The Labute approximate surface area is 171 Å². The predicted octanol–water partition coefficient (Wildman–Crippen LogP) is 7.19. The zero-order chi connectivity index (χ0) is 21.1. The molecule has 0 aliphatic carbocycles. The molecule has 0 saturated carbocycles. The van der Waals surface area contributed by atoms with Crippen LogP contribution in [-0.2, 0) is 10.7 Å². The van der Waals surface area contributed by atoms with Crippen molar-refractivity contribution < 1.29 is 17.7 Å². The van der Waals surface area contributed by atoms with Crippen molar-refractivity contribution in [3.8, 4) is 11.1 Å². The van der Waals surface area contributed by atoms with E-state index in [0.29, 0.717) is 15.2 Å². The highest BCUT2D eigenvalue weighted by molar-refractivity contribution is 7.99. The van der Waals surface area contributed by atoms with Crippen LogP contribution >= 0.6 is 18.9 Å². The summed E-state index contributed by atoms with van der Waals surface area (Å²) in [6.07, 6.45) is -2.73. The second-order valence-electron chi connectivity index (χ2n) is 6.10. The molecule has 0 unspecified atom stereocenters. The van der Waals surface area contributed by atoms with E-state index in [-0.39, 0.29) is 0 Å². The zero-order valence-corrected chi connectivity index (χ0v) is 17.0. The maximum atomic E-state index is 12.7. The SMILES string of the molecule is C=CP(=O)(C=C)c1ccc(-c2cccnc2Sc2ccc(C(F)(F)F)cc2)cc1. The summed E-state index contributed by atoms with van der Waals surface area (Å²) in [6.45, 7) is 7.25. The van der Waals surface area contributed by atoms with E-state index in [1.54, 1.807) is 24.4 Å². The Balaban J connectivity index is 1.90. The summed E-state index contributed by atoms with van der Waals surface area (Å²) in [5, 5.41) is 1.29. The number of alkyl halides is 3. The van der Waals surface area contributed by atoms with Gasteiger partial charge in [0.1, 0.15) is 5.03 Å². The van der Waals surface area contributed by atoms with Gasteiger partial charge in [0.2, 0.25) is 0 Å². The van der Waals surface area contributed by atoms with Gasteiger partial charge in [-0.1, -0.05) is 55.3 Å². The van der Waals surface area contributed by atoms with Gasteiger partial charge in [-0.15, -0.1) is 0 Å². The van der Waals surface area contributed by atoms with E-state index in [2.05, 4.69) is 18.1 Å². The van der Waals surface area contributed by atoms with Crippen molar-refractivity contribution in [2.45, 2.75) is 16.1 Å². The predicted molar refractivity (Wildman–Crippen MR) is 113 cm³/mol. The van der Waals surface area contributed by atoms with Crippen molar-refractivity contribution in [3.63, 3.8) is 0 Å². The molecule has 3 rings (SSSR count). The van der Waals surface area contributed by atoms with Crippen molar-refractivity contribution in [3.05, 3.63) is 97.2 Å². The van der Waals surface area contributed by atoms with Crippen LogP contribution < -0.4 is 5.30 Å². The Kier molecular flexibility index (Phi) is 6.15. The maximum Gasteiger partial charge on any atom is 0.416 e. The Bertz CT molecular complexity index is 1060. The molecule has 2 nitrogen and oxygen atoms in total. The third-order valence-corrected chi connectivity index (χ3v) is 7.51. The quantitative estimate of drug-likeness (QED) is 0.387. The minimum atomic E-state index is -4.36. The van der Waals surface area contributed by atoms with Crippen LogP contribution in [0.3, 0.4) is 0 Å². The Morgan fingerprint density at radius 1 is 0.931 bits per heavy atom. The van der Waals surface area contributed by atoms with E-state index >= 15 is 0 Å². The standard InChI is InChI=1S/C22H17F3NOPS/c1-3-28(27,4-2)18-11-7-16(8-12-18)20-6-5-15-26-21(20)29-19-13-9-17(10-14-19)22(23,24)25/h3-15H,1-2H2. The van der Waals surface area contributed by atoms with E-state index in [9.17, 15) is 17.7 Å². The highest BCUT2D eigenvalue weighted by atomic mass is 32.2. The first-order valence-electron chi connectivity index (χ1n) is 8.54. The molecular weight excluding hydrogens is 414 g/mol. The lowest BCUT2D eigenvalue weighted by Crippen LogP contribution is -2.03. The van der Waals surface area contributed by atoms with Crippen molar-refractivity contribution >= 4 is 24.2 Å². The molecule has 0 amide bonds. The van der Waals surface area contributed by atoms with Gasteiger partial charge in [-0.25, -0.2) is 4.98 Å². The molecule has 0 radical (unpaired) electrons. The third-order valence-electron chi connectivity index (χ3n) is 4.29. The number of benzene rings is 2. The molecule has 0 spiro atoms. The number of nitrogens with zero attached hydrogens (tertiary/aromatic N) is 1. The van der Waals surface area contributed by atoms with E-state index in [1.807, 2.05) is 18.2 Å². The molecule has 0 bridgehead atoms. The van der Waals surface area contributed by atoms with E-state index in [0.717, 1.165) is 23.3 Å². The largest absolute Gasteiger partial charge is 0.416 e. The lowest BCUT2D eigenvalue weighted by atomic mass is 10.1. The molecule has 0 atom stereocenters. The van der Waals surface area contributed by atoms with Crippen LogP contribution in [0.2, 0.25) is 0 Å². The molecule has 0 fully saturated rings. The minimum absolute atomic E-state index is 0.632. The smallest absolute Gasteiger partial charge is 0.310 e. The molecule has 0 aliphatic rings. The van der Waals surface area contributed by atoms with Crippen LogP contribution in [0.15, 0.2) is 102 Å². The summed E-state index contributed by atoms with van der Waals surface area (Å²) in [5.74, 6) is 2.82. The van der Waals surface area contributed by atoms with E-state index in [4.69, 9.17) is 0 Å². The van der Waals surface area contributed by atoms with Gasteiger partial charge in [0.25, 0.3) is 0 Å². The van der Waals surface area contributed by atoms with Crippen LogP contribution in [0.4, 0.5) is 13.2 Å². The monoisotopic (exact) mass is 431 g/mol. The van der Waals surface area contributed by atoms with Gasteiger partial charge in [0.05, 0.1) is 5.56 Å². The molecule has 148 valence electrons. The van der Waals surface area contributed by atoms with Crippen LogP contribution in [0.5, 0.6) is 0 Å². The maximum absolute atomic E-state index is 12.7. The van der Waals surface area contributed by atoms with Gasteiger partial charge in [0, 0.05) is 22.0 Å². The van der Waals surface area contributed by atoms with Gasteiger partial charge in [0.15, 0.2) is 7.14 Å². The number of aromatic nitrogens is 1. The van der Waals surface area contributed by atoms with E-state index < -0.39 is 18.9 Å². The summed E-state index contributed by atoms with van der Waals surface area (Å²) in [7, 11) is -2.82. The average molecular weight is 431 g/mol. The highest BCUT2D eigenvalue weighted by Crippen LogP contribution is 2.46. The van der Waals surface area contributed by atoms with Crippen molar-refractivity contribution in [2.24, 2.45) is 0 Å². The summed E-state index contributed by atoms with van der Waals surface area (Å²) in [6, 6.07) is 15.8. The normalized spacial score (nSPS) is 11.8. The second-order valence-corrected chi connectivity index (χ2v) is 9.83. The lowest BCUT2D eigenvalue weighted by Gasteiger charge is -2.12. The fourth-order valence-electron chi connectivity index (χ4n) is 2.67. The van der Waals surface area contributed by atoms with Crippen molar-refractivity contribution in [1.82, 2.24) is 4.98 Å². The van der Waals surface area contributed by atoms with Crippen LogP contribution in [-0.4, -0.2) is 4.98 Å². The van der Waals surface area contributed by atoms with Crippen LogP contribution in [0.1, 0.15) is 5.56 Å². The summed E-state index contributed by atoms with van der Waals surface area (Å²) in [4.78, 5) is 5.03. The van der Waals surface area contributed by atoms with Crippen LogP contribution in [0, 0.1) is 0 Å². The van der Waals surface area contributed by atoms with Gasteiger partial charge in [-0.3, -0.25) is 0 Å². The van der Waals surface area contributed by atoms with Gasteiger partial charge in [-0.05, 0) is 47.5 Å². The Hall–Kier alpha value is -2.56. The molecule has 7 heteroatoms. The number of hydrogen-bond acceptors (Lipinski definition) is 3. The first kappa shape index (κ1) is 21.2. The molecule has 0 aliphatic heterocycles. The average Bonchev–Trinajstić information content (AvgIpc) is 2.73. The molecule has 0 N–H and O–H groups in total. The molecule has 0 saturated heterocycles. The Morgan fingerprint density at radius 3 is 2.10 bits per heavy atom. The van der Waals surface area contributed by atoms with Gasteiger partial charge >= 0.3 is 6.18 Å². The van der Waals surface area contributed by atoms with Gasteiger partial charge < -0.3 is 4.57 Å². The number of rotatable bonds is 6. The van der Waals surface area contributed by atoms with Crippen molar-refractivity contribution in [1.29, 1.82) is 0 Å². The highest BCUT2D eigenvalue weighted by Gasteiger charge is 2.30. The van der Waals surface area contributed by atoms with Crippen molar-refractivity contribution in [2.75, 3.05) is 0 Å². The molecule has 1 aromatic heterocycles. The summed E-state index contributed by atoms with van der Waals surface area (Å²) < 4.78 is 50.9. The fourth-order valence-corrected chi connectivity index (χ4v) is 4.77.